The smallest absolute Gasteiger partial charge is 0.145 e. The molecule has 0 aliphatic carbocycles. The lowest BCUT2D eigenvalue weighted by Gasteiger charge is -2.29. The van der Waals surface area contributed by atoms with Gasteiger partial charge in [0, 0.05) is 18.5 Å². The molecule has 0 unspecified atom stereocenters. The molecule has 1 aromatic heterocycles. The topological polar surface area (TPSA) is 79.1 Å². The fourth-order valence-electron chi connectivity index (χ4n) is 2.34. The minimum Gasteiger partial charge on any atom is -0.367 e. The van der Waals surface area contributed by atoms with E-state index in [1.165, 1.54) is 0 Å². The molecule has 0 saturated carbocycles. The van der Waals surface area contributed by atoms with E-state index in [4.69, 9.17) is 5.84 Å². The standard InChI is InChI=1S/C13H24N6/c1-3-4-11-16-12(9-13(17-11)18-14)15-10-5-7-19(2)8-6-10/h9-10H,3-8,14H2,1-2H3,(H2,15,16,17,18). The molecule has 0 radical (unpaired) electrons. The van der Waals surface area contributed by atoms with Crippen molar-refractivity contribution < 1.29 is 0 Å². The Morgan fingerprint density at radius 1 is 1.32 bits per heavy atom. The van der Waals surface area contributed by atoms with Gasteiger partial charge in [-0.05, 0) is 39.4 Å². The lowest BCUT2D eigenvalue weighted by molar-refractivity contribution is 0.263. The van der Waals surface area contributed by atoms with Crippen molar-refractivity contribution in [2.24, 2.45) is 5.84 Å². The first-order chi connectivity index (χ1) is 9.21. The highest BCUT2D eigenvalue weighted by atomic mass is 15.3. The van der Waals surface area contributed by atoms with E-state index >= 15 is 0 Å². The molecular weight excluding hydrogens is 240 g/mol. The molecule has 6 heteroatoms. The third-order valence-electron chi connectivity index (χ3n) is 3.46. The van der Waals surface area contributed by atoms with Gasteiger partial charge in [-0.25, -0.2) is 15.8 Å². The molecule has 0 aromatic carbocycles. The van der Waals surface area contributed by atoms with Crippen LogP contribution in [0.4, 0.5) is 11.6 Å². The zero-order chi connectivity index (χ0) is 13.7. The summed E-state index contributed by atoms with van der Waals surface area (Å²) in [5.41, 5.74) is 2.61. The maximum atomic E-state index is 5.46. The SMILES string of the molecule is CCCc1nc(NN)cc(NC2CCN(C)CC2)n1. The summed E-state index contributed by atoms with van der Waals surface area (Å²) in [6, 6.07) is 2.36. The van der Waals surface area contributed by atoms with Crippen LogP contribution in [0.5, 0.6) is 0 Å². The van der Waals surface area contributed by atoms with Crippen LogP contribution in [0.3, 0.4) is 0 Å². The number of hydrogen-bond donors (Lipinski definition) is 3. The first-order valence-electron chi connectivity index (χ1n) is 7.01. The molecule has 2 heterocycles. The van der Waals surface area contributed by atoms with E-state index in [1.807, 2.05) is 6.07 Å². The van der Waals surface area contributed by atoms with Crippen molar-refractivity contribution in [3.05, 3.63) is 11.9 Å². The number of hydrogen-bond acceptors (Lipinski definition) is 6. The maximum Gasteiger partial charge on any atom is 0.145 e. The molecule has 1 fully saturated rings. The highest BCUT2D eigenvalue weighted by molar-refractivity contribution is 5.47. The summed E-state index contributed by atoms with van der Waals surface area (Å²) in [4.78, 5) is 11.3. The van der Waals surface area contributed by atoms with Gasteiger partial charge in [-0.1, -0.05) is 6.92 Å². The summed E-state index contributed by atoms with van der Waals surface area (Å²) in [6.45, 7) is 4.38. The molecule has 19 heavy (non-hydrogen) atoms. The van der Waals surface area contributed by atoms with Crippen molar-refractivity contribution in [1.29, 1.82) is 0 Å². The van der Waals surface area contributed by atoms with Crippen molar-refractivity contribution in [2.75, 3.05) is 30.9 Å². The predicted molar refractivity (Wildman–Crippen MR) is 78.0 cm³/mol. The summed E-state index contributed by atoms with van der Waals surface area (Å²) in [5, 5.41) is 3.50. The van der Waals surface area contributed by atoms with E-state index in [9.17, 15) is 0 Å². The van der Waals surface area contributed by atoms with Gasteiger partial charge in [0.15, 0.2) is 0 Å². The summed E-state index contributed by atoms with van der Waals surface area (Å²) in [5.74, 6) is 7.85. The number of nitrogens with two attached hydrogens (primary N) is 1. The van der Waals surface area contributed by atoms with Gasteiger partial charge < -0.3 is 15.6 Å². The Hall–Kier alpha value is -1.40. The van der Waals surface area contributed by atoms with Gasteiger partial charge in [-0.15, -0.1) is 0 Å². The van der Waals surface area contributed by atoms with Crippen LogP contribution in [-0.2, 0) is 6.42 Å². The fraction of sp³-hybridized carbons (Fsp3) is 0.692. The first-order valence-corrected chi connectivity index (χ1v) is 7.01. The normalized spacial score (nSPS) is 17.4. The van der Waals surface area contributed by atoms with E-state index in [-0.39, 0.29) is 0 Å². The minimum atomic E-state index is 0.492. The Balaban J connectivity index is 2.04. The van der Waals surface area contributed by atoms with Crippen molar-refractivity contribution in [3.8, 4) is 0 Å². The van der Waals surface area contributed by atoms with Crippen LogP contribution in [0.2, 0.25) is 0 Å². The van der Waals surface area contributed by atoms with Crippen LogP contribution in [0, 0.1) is 0 Å². The predicted octanol–water partition coefficient (Wildman–Crippen LogP) is 1.22. The highest BCUT2D eigenvalue weighted by Gasteiger charge is 2.17. The number of nitrogen functional groups attached to an aromatic ring is 1. The number of nitrogens with one attached hydrogen (secondary N) is 2. The molecule has 0 atom stereocenters. The van der Waals surface area contributed by atoms with Crippen LogP contribution in [0.15, 0.2) is 6.07 Å². The zero-order valence-corrected chi connectivity index (χ0v) is 11.8. The summed E-state index contributed by atoms with van der Waals surface area (Å²) in [7, 11) is 2.16. The van der Waals surface area contributed by atoms with Gasteiger partial charge in [0.05, 0.1) is 0 Å². The third-order valence-corrected chi connectivity index (χ3v) is 3.46. The van der Waals surface area contributed by atoms with E-state index < -0.39 is 0 Å². The van der Waals surface area contributed by atoms with E-state index in [0.29, 0.717) is 11.9 Å². The number of aryl methyl sites for hydroxylation is 1. The molecule has 1 aliphatic heterocycles. The Bertz CT molecular complexity index is 400. The number of hydrazine groups is 1. The lowest BCUT2D eigenvalue weighted by Crippen LogP contribution is -2.37. The average molecular weight is 264 g/mol. The molecule has 106 valence electrons. The van der Waals surface area contributed by atoms with E-state index in [0.717, 1.165) is 50.4 Å². The Kier molecular flexibility index (Phi) is 4.93. The van der Waals surface area contributed by atoms with E-state index in [1.54, 1.807) is 0 Å². The average Bonchev–Trinajstić information content (AvgIpc) is 2.41. The van der Waals surface area contributed by atoms with Crippen molar-refractivity contribution in [1.82, 2.24) is 14.9 Å². The van der Waals surface area contributed by atoms with Crippen LogP contribution in [-0.4, -0.2) is 41.0 Å². The number of rotatable bonds is 5. The van der Waals surface area contributed by atoms with Gasteiger partial charge >= 0.3 is 0 Å². The second kappa shape index (κ2) is 6.68. The van der Waals surface area contributed by atoms with Crippen molar-refractivity contribution in [3.63, 3.8) is 0 Å². The molecule has 2 rings (SSSR count). The molecule has 1 aliphatic rings. The maximum absolute atomic E-state index is 5.46. The van der Waals surface area contributed by atoms with Gasteiger partial charge in [-0.2, -0.15) is 0 Å². The number of nitrogens with zero attached hydrogens (tertiary/aromatic N) is 3. The third kappa shape index (κ3) is 4.04. The molecule has 0 spiro atoms. The van der Waals surface area contributed by atoms with Gasteiger partial charge in [0.1, 0.15) is 17.5 Å². The van der Waals surface area contributed by atoms with Crippen LogP contribution >= 0.6 is 0 Å². The molecule has 1 saturated heterocycles. The van der Waals surface area contributed by atoms with Gasteiger partial charge in [0.25, 0.3) is 0 Å². The Morgan fingerprint density at radius 2 is 2.00 bits per heavy atom. The van der Waals surface area contributed by atoms with Gasteiger partial charge in [0.2, 0.25) is 0 Å². The molecule has 0 amide bonds. The Morgan fingerprint density at radius 3 is 2.63 bits per heavy atom. The van der Waals surface area contributed by atoms with Crippen LogP contribution in [0.1, 0.15) is 32.0 Å². The number of aromatic nitrogens is 2. The van der Waals surface area contributed by atoms with Gasteiger partial charge in [-0.3, -0.25) is 0 Å². The quantitative estimate of drug-likeness (QED) is 0.548. The summed E-state index contributed by atoms with van der Waals surface area (Å²) >= 11 is 0. The van der Waals surface area contributed by atoms with Crippen molar-refractivity contribution >= 4 is 11.6 Å². The second-order valence-corrected chi connectivity index (χ2v) is 5.17. The largest absolute Gasteiger partial charge is 0.367 e. The Labute approximate surface area is 114 Å². The number of likely N-dealkylation sites (tertiary alicyclic amines) is 1. The molecule has 1 aromatic rings. The second-order valence-electron chi connectivity index (χ2n) is 5.17. The lowest BCUT2D eigenvalue weighted by atomic mass is 10.1. The molecule has 6 nitrogen and oxygen atoms in total. The number of anilines is 2. The molecular formula is C13H24N6. The summed E-state index contributed by atoms with van der Waals surface area (Å²) in [6.07, 6.45) is 4.20. The minimum absolute atomic E-state index is 0.492. The van der Waals surface area contributed by atoms with Crippen LogP contribution < -0.4 is 16.6 Å². The summed E-state index contributed by atoms with van der Waals surface area (Å²) < 4.78 is 0. The first kappa shape index (κ1) is 14.0. The fourth-order valence-corrected chi connectivity index (χ4v) is 2.34. The zero-order valence-electron chi connectivity index (χ0n) is 11.8. The highest BCUT2D eigenvalue weighted by Crippen LogP contribution is 2.17. The molecule has 0 bridgehead atoms. The molecule has 4 N–H and O–H groups in total. The van der Waals surface area contributed by atoms with Crippen LogP contribution in [0.25, 0.3) is 0 Å². The monoisotopic (exact) mass is 264 g/mol. The van der Waals surface area contributed by atoms with Crippen molar-refractivity contribution in [2.45, 2.75) is 38.6 Å². The number of piperidine rings is 1. The van der Waals surface area contributed by atoms with E-state index in [2.05, 4.69) is 39.6 Å².